The molecule has 5 nitrogen and oxygen atoms in total. The molecule has 3 N–H and O–H groups in total. The van der Waals surface area contributed by atoms with Gasteiger partial charge in [0.05, 0.1) is 12.7 Å². The van der Waals surface area contributed by atoms with Gasteiger partial charge >= 0.3 is 0 Å². The zero-order chi connectivity index (χ0) is 10.8. The Morgan fingerprint density at radius 2 is 2.29 bits per heavy atom. The van der Waals surface area contributed by atoms with Gasteiger partial charge in [0.1, 0.15) is 0 Å². The molecular formula is C9H20N2O3. The molecule has 0 aliphatic heterocycles. The van der Waals surface area contributed by atoms with Crippen molar-refractivity contribution in [1.29, 1.82) is 0 Å². The lowest BCUT2D eigenvalue weighted by Crippen LogP contribution is -2.30. The first-order valence-corrected chi connectivity index (χ1v) is 4.89. The standard InChI is InChI=1S/C9H20N2O3/c1-3-13-7-8(2)14-6-4-5-9(12)11-10/h8H,3-7,10H2,1-2H3,(H,11,12). The zero-order valence-corrected chi connectivity index (χ0v) is 8.91. The van der Waals surface area contributed by atoms with Crippen LogP contribution in [0.3, 0.4) is 0 Å². The summed E-state index contributed by atoms with van der Waals surface area (Å²) in [5.74, 6) is 4.76. The van der Waals surface area contributed by atoms with Crippen molar-refractivity contribution in [2.45, 2.75) is 32.8 Å². The molecule has 14 heavy (non-hydrogen) atoms. The Kier molecular flexibility index (Phi) is 8.51. The zero-order valence-electron chi connectivity index (χ0n) is 8.91. The highest BCUT2D eigenvalue weighted by Crippen LogP contribution is 1.96. The van der Waals surface area contributed by atoms with Crippen molar-refractivity contribution in [3.05, 3.63) is 0 Å². The molecule has 0 heterocycles. The summed E-state index contributed by atoms with van der Waals surface area (Å²) in [7, 11) is 0. The molecule has 0 rings (SSSR count). The van der Waals surface area contributed by atoms with E-state index in [4.69, 9.17) is 15.3 Å². The molecule has 5 heteroatoms. The van der Waals surface area contributed by atoms with Crippen molar-refractivity contribution in [3.63, 3.8) is 0 Å². The molecule has 1 atom stereocenters. The van der Waals surface area contributed by atoms with Crippen LogP contribution in [0.2, 0.25) is 0 Å². The topological polar surface area (TPSA) is 73.6 Å². The number of hydrogen-bond donors (Lipinski definition) is 2. The predicted molar refractivity (Wildman–Crippen MR) is 53.5 cm³/mol. The minimum Gasteiger partial charge on any atom is -0.379 e. The van der Waals surface area contributed by atoms with E-state index in [1.165, 1.54) is 0 Å². The molecule has 0 saturated carbocycles. The quantitative estimate of drug-likeness (QED) is 0.256. The average Bonchev–Trinajstić information content (AvgIpc) is 2.21. The summed E-state index contributed by atoms with van der Waals surface area (Å²) in [6, 6.07) is 0. The van der Waals surface area contributed by atoms with E-state index in [1.807, 2.05) is 13.8 Å². The monoisotopic (exact) mass is 204 g/mol. The van der Waals surface area contributed by atoms with Crippen molar-refractivity contribution in [3.8, 4) is 0 Å². The van der Waals surface area contributed by atoms with Gasteiger partial charge in [-0.25, -0.2) is 5.84 Å². The molecule has 0 bridgehead atoms. The van der Waals surface area contributed by atoms with Gasteiger partial charge in [0.15, 0.2) is 0 Å². The van der Waals surface area contributed by atoms with E-state index in [0.29, 0.717) is 32.7 Å². The average molecular weight is 204 g/mol. The number of nitrogens with one attached hydrogen (secondary N) is 1. The minimum absolute atomic E-state index is 0.0795. The van der Waals surface area contributed by atoms with Crippen LogP contribution >= 0.6 is 0 Å². The highest BCUT2D eigenvalue weighted by atomic mass is 16.5. The van der Waals surface area contributed by atoms with Gasteiger partial charge in [-0.1, -0.05) is 0 Å². The molecule has 0 radical (unpaired) electrons. The fourth-order valence-corrected chi connectivity index (χ4v) is 0.921. The summed E-state index contributed by atoms with van der Waals surface area (Å²) in [5.41, 5.74) is 2.07. The summed E-state index contributed by atoms with van der Waals surface area (Å²) in [4.78, 5) is 10.7. The van der Waals surface area contributed by atoms with Crippen LogP contribution in [-0.2, 0) is 14.3 Å². The molecule has 0 aromatic carbocycles. The number of carbonyl (C=O) groups excluding carboxylic acids is 1. The van der Waals surface area contributed by atoms with Gasteiger partial charge in [-0.15, -0.1) is 0 Å². The summed E-state index contributed by atoms with van der Waals surface area (Å²) in [6.07, 6.45) is 1.16. The number of nitrogens with two attached hydrogens (primary N) is 1. The summed E-state index contributed by atoms with van der Waals surface area (Å²) in [6.45, 7) is 5.74. The number of rotatable bonds is 8. The second-order valence-corrected chi connectivity index (χ2v) is 3.01. The first-order chi connectivity index (χ1) is 6.70. The maximum Gasteiger partial charge on any atom is 0.233 e. The van der Waals surface area contributed by atoms with Crippen molar-refractivity contribution < 1.29 is 14.3 Å². The van der Waals surface area contributed by atoms with Gasteiger partial charge in [0.25, 0.3) is 0 Å². The Hall–Kier alpha value is -0.650. The molecule has 1 unspecified atom stereocenters. The van der Waals surface area contributed by atoms with Crippen molar-refractivity contribution in [1.82, 2.24) is 5.43 Å². The van der Waals surface area contributed by atoms with Crippen LogP contribution in [0.4, 0.5) is 0 Å². The van der Waals surface area contributed by atoms with Crippen LogP contribution in [-0.4, -0.2) is 31.8 Å². The van der Waals surface area contributed by atoms with Crippen LogP contribution in [0.1, 0.15) is 26.7 Å². The lowest BCUT2D eigenvalue weighted by Gasteiger charge is -2.12. The second-order valence-electron chi connectivity index (χ2n) is 3.01. The molecule has 0 aromatic heterocycles. The third kappa shape index (κ3) is 7.97. The van der Waals surface area contributed by atoms with E-state index in [-0.39, 0.29) is 12.0 Å². The third-order valence-corrected chi connectivity index (χ3v) is 1.67. The van der Waals surface area contributed by atoms with Crippen LogP contribution in [0.15, 0.2) is 0 Å². The third-order valence-electron chi connectivity index (χ3n) is 1.67. The first-order valence-electron chi connectivity index (χ1n) is 4.89. The van der Waals surface area contributed by atoms with Gasteiger partial charge in [-0.2, -0.15) is 0 Å². The molecule has 0 aliphatic carbocycles. The Labute approximate surface area is 84.9 Å². The van der Waals surface area contributed by atoms with Gasteiger partial charge < -0.3 is 9.47 Å². The van der Waals surface area contributed by atoms with E-state index in [0.717, 1.165) is 0 Å². The molecular weight excluding hydrogens is 184 g/mol. The van der Waals surface area contributed by atoms with Crippen LogP contribution in [0, 0.1) is 0 Å². The first kappa shape index (κ1) is 13.4. The van der Waals surface area contributed by atoms with Gasteiger partial charge in [-0.05, 0) is 20.3 Å². The maximum absolute atomic E-state index is 10.7. The van der Waals surface area contributed by atoms with Crippen molar-refractivity contribution in [2.75, 3.05) is 19.8 Å². The van der Waals surface area contributed by atoms with Gasteiger partial charge in [0.2, 0.25) is 5.91 Å². The molecule has 0 spiro atoms. The molecule has 0 fully saturated rings. The number of ether oxygens (including phenoxy) is 2. The predicted octanol–water partition coefficient (Wildman–Crippen LogP) is 0.198. The normalized spacial score (nSPS) is 12.5. The lowest BCUT2D eigenvalue weighted by molar-refractivity contribution is -0.121. The SMILES string of the molecule is CCOCC(C)OCCCC(=O)NN. The van der Waals surface area contributed by atoms with Crippen LogP contribution in [0.5, 0.6) is 0 Å². The fourth-order valence-electron chi connectivity index (χ4n) is 0.921. The maximum atomic E-state index is 10.7. The minimum atomic E-state index is -0.161. The van der Waals surface area contributed by atoms with Gasteiger partial charge in [0, 0.05) is 19.6 Å². The van der Waals surface area contributed by atoms with Crippen molar-refractivity contribution >= 4 is 5.91 Å². The second kappa shape index (κ2) is 8.93. The number of carbonyl (C=O) groups is 1. The molecule has 84 valence electrons. The smallest absolute Gasteiger partial charge is 0.233 e. The molecule has 0 aliphatic rings. The molecule has 0 aromatic rings. The molecule has 1 amide bonds. The van der Waals surface area contributed by atoms with Crippen molar-refractivity contribution in [2.24, 2.45) is 5.84 Å². The lowest BCUT2D eigenvalue weighted by atomic mass is 10.3. The fraction of sp³-hybridized carbons (Fsp3) is 0.889. The Bertz CT molecular complexity index is 153. The highest BCUT2D eigenvalue weighted by Gasteiger charge is 2.02. The van der Waals surface area contributed by atoms with E-state index in [9.17, 15) is 4.79 Å². The Morgan fingerprint density at radius 1 is 1.57 bits per heavy atom. The van der Waals surface area contributed by atoms with Crippen LogP contribution in [0.25, 0.3) is 0 Å². The largest absolute Gasteiger partial charge is 0.379 e. The summed E-state index contributed by atoms with van der Waals surface area (Å²) >= 11 is 0. The van der Waals surface area contributed by atoms with E-state index < -0.39 is 0 Å². The van der Waals surface area contributed by atoms with E-state index in [2.05, 4.69) is 5.43 Å². The Balaban J connectivity index is 3.22. The summed E-state index contributed by atoms with van der Waals surface area (Å²) < 4.78 is 10.6. The molecule has 0 saturated heterocycles. The highest BCUT2D eigenvalue weighted by molar-refractivity contribution is 5.75. The number of hydrazine groups is 1. The number of amides is 1. The van der Waals surface area contributed by atoms with Gasteiger partial charge in [-0.3, -0.25) is 10.2 Å². The Morgan fingerprint density at radius 3 is 2.86 bits per heavy atom. The van der Waals surface area contributed by atoms with E-state index in [1.54, 1.807) is 0 Å². The van der Waals surface area contributed by atoms with Crippen LogP contribution < -0.4 is 11.3 Å². The number of hydrogen-bond acceptors (Lipinski definition) is 4. The summed E-state index contributed by atoms with van der Waals surface area (Å²) in [5, 5.41) is 0. The van der Waals surface area contributed by atoms with E-state index >= 15 is 0 Å².